The molecule has 0 unspecified atom stereocenters. The Labute approximate surface area is 318 Å². The van der Waals surface area contributed by atoms with Crippen molar-refractivity contribution >= 4 is 86.2 Å². The lowest BCUT2D eigenvalue weighted by Crippen LogP contribution is -2.43. The molecule has 0 bridgehead atoms. The Bertz CT molecular complexity index is 1420. The highest BCUT2D eigenvalue weighted by Gasteiger charge is 2.41. The van der Waals surface area contributed by atoms with E-state index in [2.05, 4.69) is 128 Å². The smallest absolute Gasteiger partial charge is 0.357 e. The second kappa shape index (κ2) is 25.1. The van der Waals surface area contributed by atoms with E-state index >= 15 is 0 Å². The number of morpholine rings is 1. The zero-order chi connectivity index (χ0) is 35.1. The third-order valence-corrected chi connectivity index (χ3v) is 14.8. The van der Waals surface area contributed by atoms with E-state index in [0.717, 1.165) is 27.7 Å². The number of benzene rings is 2. The lowest BCUT2D eigenvalue weighted by Gasteiger charge is -2.37. The summed E-state index contributed by atoms with van der Waals surface area (Å²) in [6, 6.07) is 20.7. The molecule has 1 fully saturated rings. The van der Waals surface area contributed by atoms with E-state index in [1.807, 2.05) is 59.5 Å². The van der Waals surface area contributed by atoms with Crippen molar-refractivity contribution in [3.05, 3.63) is 101 Å². The van der Waals surface area contributed by atoms with Crippen LogP contribution in [-0.4, -0.2) is 65.3 Å². The minimum atomic E-state index is -1.44. The van der Waals surface area contributed by atoms with Crippen LogP contribution in [0, 0.1) is 13.9 Å². The van der Waals surface area contributed by atoms with Gasteiger partial charge in [0.2, 0.25) is 0 Å². The highest BCUT2D eigenvalue weighted by atomic mass is 127. The molecule has 0 atom stereocenters. The van der Waals surface area contributed by atoms with Crippen LogP contribution < -0.4 is 0 Å². The number of aromatic nitrogens is 3. The van der Waals surface area contributed by atoms with Gasteiger partial charge in [0.15, 0.2) is 0 Å². The molecule has 2 aromatic heterocycles. The maximum Gasteiger partial charge on any atom is 0.357 e. The summed E-state index contributed by atoms with van der Waals surface area (Å²) in [7, 11) is -1.44. The Morgan fingerprint density at radius 2 is 1.36 bits per heavy atom. The zero-order valence-corrected chi connectivity index (χ0v) is 35.3. The van der Waals surface area contributed by atoms with Gasteiger partial charge in [0.25, 0.3) is 0 Å². The predicted octanol–water partition coefficient (Wildman–Crippen LogP) is 10.0. The number of rotatable bonds is 5. The van der Waals surface area contributed by atoms with Crippen LogP contribution in [0.15, 0.2) is 91.5 Å². The Morgan fingerprint density at radius 1 is 0.830 bits per heavy atom. The normalized spacial score (nSPS) is 12.4. The first-order chi connectivity index (χ1) is 22.6. The molecule has 3 heterocycles. The minimum Gasteiger partial charge on any atom is -0.379 e. The fourth-order valence-electron chi connectivity index (χ4n) is 5.15. The van der Waals surface area contributed by atoms with E-state index in [9.17, 15) is 4.79 Å². The third kappa shape index (κ3) is 15.9. The summed E-state index contributed by atoms with van der Waals surface area (Å²) in [5.74, 6) is -0.308. The van der Waals surface area contributed by atoms with E-state index in [0.29, 0.717) is 31.9 Å². The van der Waals surface area contributed by atoms with Gasteiger partial charge < -0.3 is 9.57 Å². The summed E-state index contributed by atoms with van der Waals surface area (Å²) >= 11 is 7.67. The highest BCUT2D eigenvalue weighted by molar-refractivity contribution is 14.1. The van der Waals surface area contributed by atoms with Gasteiger partial charge in [0, 0.05) is 44.3 Å². The molecule has 11 heteroatoms. The van der Waals surface area contributed by atoms with Crippen molar-refractivity contribution in [2.75, 3.05) is 31.2 Å². The average Bonchev–Trinajstić information content (AvgIpc) is 3.10. The first kappa shape index (κ1) is 43.1. The summed E-state index contributed by atoms with van der Waals surface area (Å²) in [6.45, 7) is 16.4. The van der Waals surface area contributed by atoms with Crippen LogP contribution in [0.4, 0.5) is 0 Å². The molecule has 2 aromatic carbocycles. The van der Waals surface area contributed by atoms with Crippen LogP contribution >= 0.6 is 61.1 Å². The maximum atomic E-state index is 11.6. The Kier molecular flexibility index (Phi) is 23.0. The maximum absolute atomic E-state index is 11.6. The molecule has 1 aliphatic heterocycles. The van der Waals surface area contributed by atoms with Crippen LogP contribution in [0.25, 0.3) is 11.0 Å². The molecule has 0 aliphatic carbocycles. The van der Waals surface area contributed by atoms with E-state index in [4.69, 9.17) is 9.57 Å². The van der Waals surface area contributed by atoms with Crippen molar-refractivity contribution in [3.8, 4) is 10.4 Å². The van der Waals surface area contributed by atoms with Crippen molar-refractivity contribution < 1.29 is 14.4 Å². The van der Waals surface area contributed by atoms with Crippen LogP contribution in [-0.2, 0) is 9.57 Å². The second-order valence-electron chi connectivity index (χ2n) is 11.1. The van der Waals surface area contributed by atoms with E-state index < -0.39 is 8.07 Å². The fourth-order valence-corrected chi connectivity index (χ4v) is 11.7. The number of alkyl halides is 1. The predicted molar refractivity (Wildman–Crippen MR) is 218 cm³/mol. The SMILES string of the molecule is CC(C)[Si](C#CBr)(C(C)C)C(C)C.CI.Ic1ccc2nccnc2c1.O=C(ON1CCOCC1)c1ccccc1.c1ccncc1. The lowest BCUT2D eigenvalue weighted by molar-refractivity contribution is -0.150. The topological polar surface area (TPSA) is 77.4 Å². The van der Waals surface area contributed by atoms with Gasteiger partial charge in [0.1, 0.15) is 8.07 Å². The number of carbonyl (C=O) groups excluding carboxylic acids is 1. The fraction of sp³-hybridized carbons (Fsp3) is 0.389. The monoisotopic (exact) mass is 944 g/mol. The van der Waals surface area contributed by atoms with Crippen LogP contribution in [0.2, 0.25) is 16.6 Å². The number of nitrogens with zero attached hydrogens (tertiary/aromatic N) is 4. The quantitative estimate of drug-likeness (QED) is 0.0854. The third-order valence-electron chi connectivity index (χ3n) is 7.32. The van der Waals surface area contributed by atoms with Gasteiger partial charge in [-0.1, -0.05) is 88.4 Å². The first-order valence-electron chi connectivity index (χ1n) is 15.4. The van der Waals surface area contributed by atoms with Crippen LogP contribution in [0.5, 0.6) is 0 Å². The molecule has 0 spiro atoms. The summed E-state index contributed by atoms with van der Waals surface area (Å²) in [6.07, 6.45) is 6.91. The largest absolute Gasteiger partial charge is 0.379 e. The Balaban J connectivity index is 0.000000318. The number of ether oxygens (including phenoxy) is 1. The number of hydrogen-bond donors (Lipinski definition) is 0. The lowest BCUT2D eigenvalue weighted by atomic mass is 10.2. The molecule has 1 aliphatic rings. The number of pyridine rings is 1. The molecule has 0 N–H and O–H groups in total. The summed E-state index contributed by atoms with van der Waals surface area (Å²) < 4.78 is 6.34. The van der Waals surface area contributed by atoms with Gasteiger partial charge in [-0.25, -0.2) is 4.79 Å². The van der Waals surface area contributed by atoms with E-state index in [1.54, 1.807) is 42.0 Å². The van der Waals surface area contributed by atoms with Crippen LogP contribution in [0.3, 0.4) is 0 Å². The number of hydrogen-bond acceptors (Lipinski definition) is 7. The highest BCUT2D eigenvalue weighted by Crippen LogP contribution is 2.40. The number of fused-ring (bicyclic) bond motifs is 1. The molecule has 1 saturated heterocycles. The molecular weight excluding hydrogens is 898 g/mol. The summed E-state index contributed by atoms with van der Waals surface area (Å²) in [4.78, 5) is 33.9. The molecule has 0 amide bonds. The Morgan fingerprint density at radius 3 is 1.81 bits per heavy atom. The Hall–Kier alpha value is -1.96. The van der Waals surface area contributed by atoms with Crippen molar-refractivity contribution in [1.82, 2.24) is 20.0 Å². The van der Waals surface area contributed by atoms with Crippen molar-refractivity contribution in [1.29, 1.82) is 0 Å². The van der Waals surface area contributed by atoms with Gasteiger partial charge >= 0.3 is 5.97 Å². The van der Waals surface area contributed by atoms with Gasteiger partial charge in [-0.2, -0.15) is 0 Å². The van der Waals surface area contributed by atoms with Crippen LogP contribution in [0.1, 0.15) is 51.9 Å². The number of halogens is 3. The van der Waals surface area contributed by atoms with Crippen molar-refractivity contribution in [3.63, 3.8) is 0 Å². The second-order valence-corrected chi connectivity index (χ2v) is 18.3. The standard InChI is InChI=1S/C11H21BrSi.C11H13NO3.C8H5IN2.C5H5N.CH3I/c1-9(2)13(8-7-12,10(3)4)11(5)6;13-11(10-4-2-1-3-5-10)15-12-6-8-14-9-7-12;9-6-1-2-7-8(5-6)11-4-3-10-7;1-2-4-6-5-3-1;1-2/h9-11H,1-6H3;1-5H,6-9H2;1-5H;1-5H;1H3. The minimum absolute atomic E-state index is 0.308. The number of carbonyl (C=O) groups is 1. The molecular formula is C36H47BrI2N4O3Si. The zero-order valence-electron chi connectivity index (χ0n) is 28.4. The van der Waals surface area contributed by atoms with Gasteiger partial charge in [0.05, 0.1) is 42.9 Å². The van der Waals surface area contributed by atoms with E-state index in [-0.39, 0.29) is 5.97 Å². The van der Waals surface area contributed by atoms with Gasteiger partial charge in [-0.05, 0) is 91.4 Å². The molecule has 0 saturated carbocycles. The van der Waals surface area contributed by atoms with Gasteiger partial charge in [-0.15, -0.1) is 10.6 Å². The molecule has 5 rings (SSSR count). The molecule has 0 radical (unpaired) electrons. The number of hydroxylamine groups is 2. The van der Waals surface area contributed by atoms with Crippen molar-refractivity contribution in [2.24, 2.45) is 0 Å². The molecule has 254 valence electrons. The molecule has 4 aromatic rings. The first-order valence-corrected chi connectivity index (χ1v) is 21.7. The summed E-state index contributed by atoms with van der Waals surface area (Å²) in [5.41, 5.74) is 8.18. The molecule has 7 nitrogen and oxygen atoms in total. The van der Waals surface area contributed by atoms with Gasteiger partial charge in [-0.3, -0.25) is 15.0 Å². The molecule has 47 heavy (non-hydrogen) atoms. The average molecular weight is 946 g/mol. The van der Waals surface area contributed by atoms with Crippen molar-refractivity contribution in [2.45, 2.75) is 58.2 Å². The van der Waals surface area contributed by atoms with E-state index in [1.165, 1.54) is 3.57 Å². The summed E-state index contributed by atoms with van der Waals surface area (Å²) in [5, 5.41) is 1.64.